The lowest BCUT2D eigenvalue weighted by atomic mass is 10.0. The first kappa shape index (κ1) is 13.1. The molecule has 0 aliphatic carbocycles. The van der Waals surface area contributed by atoms with E-state index >= 15 is 0 Å². The molecule has 1 fully saturated rings. The molecule has 0 radical (unpaired) electrons. The number of nitrogens with one attached hydrogen (secondary N) is 2. The molecule has 5 heteroatoms. The number of rotatable bonds is 4. The van der Waals surface area contributed by atoms with E-state index in [4.69, 9.17) is 0 Å². The third kappa shape index (κ3) is 3.32. The number of hydrogen-bond donors (Lipinski definition) is 2. The zero-order chi connectivity index (χ0) is 13.0. The zero-order valence-electron chi connectivity index (χ0n) is 11.1. The smallest absolute Gasteiger partial charge is 0.252 e. The summed E-state index contributed by atoms with van der Waals surface area (Å²) in [5, 5.41) is 3.47. The van der Waals surface area contributed by atoms with Crippen LogP contribution < -0.4 is 15.8 Å². The summed E-state index contributed by atoms with van der Waals surface area (Å²) in [5.41, 5.74) is -0.0823. The van der Waals surface area contributed by atoms with Gasteiger partial charge in [-0.2, -0.15) is 0 Å². The molecule has 0 spiro atoms. The second-order valence-electron chi connectivity index (χ2n) is 5.18. The maximum absolute atomic E-state index is 11.4. The summed E-state index contributed by atoms with van der Waals surface area (Å²) in [6.45, 7) is 6.24. The first-order chi connectivity index (χ1) is 8.66. The molecule has 2 rings (SSSR count). The van der Waals surface area contributed by atoms with Crippen molar-refractivity contribution in [2.75, 3.05) is 18.0 Å². The summed E-state index contributed by atoms with van der Waals surface area (Å²) in [6, 6.07) is 2.52. The number of piperidine rings is 1. The third-order valence-corrected chi connectivity index (χ3v) is 3.35. The number of anilines is 1. The number of aromatic nitrogens is 2. The molecule has 1 aromatic rings. The monoisotopic (exact) mass is 250 g/mol. The first-order valence-corrected chi connectivity index (χ1v) is 6.71. The third-order valence-electron chi connectivity index (χ3n) is 3.35. The fraction of sp³-hybridized carbons (Fsp3) is 0.692. The van der Waals surface area contributed by atoms with Crippen LogP contribution in [0.5, 0.6) is 0 Å². The second-order valence-corrected chi connectivity index (χ2v) is 5.18. The topological polar surface area (TPSA) is 61.0 Å². The summed E-state index contributed by atoms with van der Waals surface area (Å²) in [5.74, 6) is 0.800. The Hall–Kier alpha value is -1.36. The fourth-order valence-electron chi connectivity index (χ4n) is 2.40. The van der Waals surface area contributed by atoms with Gasteiger partial charge in [0.15, 0.2) is 0 Å². The van der Waals surface area contributed by atoms with Gasteiger partial charge in [-0.3, -0.25) is 4.79 Å². The summed E-state index contributed by atoms with van der Waals surface area (Å²) >= 11 is 0. The molecular weight excluding hydrogens is 228 g/mol. The summed E-state index contributed by atoms with van der Waals surface area (Å²) in [7, 11) is 0. The predicted molar refractivity (Wildman–Crippen MR) is 73.0 cm³/mol. The molecule has 2 N–H and O–H groups in total. The van der Waals surface area contributed by atoms with Crippen molar-refractivity contribution in [2.45, 2.75) is 45.2 Å². The van der Waals surface area contributed by atoms with Crippen molar-refractivity contribution >= 4 is 5.82 Å². The van der Waals surface area contributed by atoms with Crippen LogP contribution >= 0.6 is 0 Å². The lowest BCUT2D eigenvalue weighted by Gasteiger charge is -2.37. The van der Waals surface area contributed by atoms with Crippen molar-refractivity contribution in [3.05, 3.63) is 22.7 Å². The Kier molecular flexibility index (Phi) is 4.36. The van der Waals surface area contributed by atoms with Crippen molar-refractivity contribution in [1.82, 2.24) is 15.3 Å². The molecule has 0 aromatic carbocycles. The molecule has 1 unspecified atom stereocenters. The second kappa shape index (κ2) is 6.00. The SMILES string of the molecule is CC(C)NCC1CCCCN1c1cc(=O)[nH]cn1. The zero-order valence-corrected chi connectivity index (χ0v) is 11.1. The van der Waals surface area contributed by atoms with Crippen LogP contribution in [-0.4, -0.2) is 35.1 Å². The normalized spacial score (nSPS) is 20.4. The minimum atomic E-state index is -0.0823. The van der Waals surface area contributed by atoms with Gasteiger partial charge in [0.2, 0.25) is 0 Å². The highest BCUT2D eigenvalue weighted by Gasteiger charge is 2.23. The van der Waals surface area contributed by atoms with Crippen LogP contribution in [-0.2, 0) is 0 Å². The van der Waals surface area contributed by atoms with Gasteiger partial charge in [-0.25, -0.2) is 4.98 Å². The Morgan fingerprint density at radius 2 is 2.39 bits per heavy atom. The predicted octanol–water partition coefficient (Wildman–Crippen LogP) is 1.13. The lowest BCUT2D eigenvalue weighted by Crippen LogP contribution is -2.47. The highest BCUT2D eigenvalue weighted by atomic mass is 16.1. The molecule has 1 atom stereocenters. The van der Waals surface area contributed by atoms with E-state index in [1.807, 2.05) is 0 Å². The number of nitrogens with zero attached hydrogens (tertiary/aromatic N) is 2. The molecule has 18 heavy (non-hydrogen) atoms. The standard InChI is InChI=1S/C13H22N4O/c1-10(2)14-8-11-5-3-4-6-17(11)12-7-13(18)16-9-15-12/h7,9-11,14H,3-6,8H2,1-2H3,(H,15,16,18). The van der Waals surface area contributed by atoms with Crippen molar-refractivity contribution < 1.29 is 0 Å². The molecule has 2 heterocycles. The van der Waals surface area contributed by atoms with E-state index in [9.17, 15) is 4.79 Å². The summed E-state index contributed by atoms with van der Waals surface area (Å²) in [4.78, 5) is 20.5. The summed E-state index contributed by atoms with van der Waals surface area (Å²) < 4.78 is 0. The van der Waals surface area contributed by atoms with Gasteiger partial charge in [-0.05, 0) is 19.3 Å². The van der Waals surface area contributed by atoms with Crippen LogP contribution in [0.1, 0.15) is 33.1 Å². The van der Waals surface area contributed by atoms with Gasteiger partial charge in [0.05, 0.1) is 6.33 Å². The van der Waals surface area contributed by atoms with Gasteiger partial charge in [0.1, 0.15) is 5.82 Å². The quantitative estimate of drug-likeness (QED) is 0.841. The molecule has 1 aliphatic heterocycles. The maximum Gasteiger partial charge on any atom is 0.252 e. The van der Waals surface area contributed by atoms with Crippen LogP contribution in [0.25, 0.3) is 0 Å². The van der Waals surface area contributed by atoms with Crippen LogP contribution in [0, 0.1) is 0 Å². The van der Waals surface area contributed by atoms with E-state index in [1.54, 1.807) is 6.07 Å². The molecule has 1 aromatic heterocycles. The first-order valence-electron chi connectivity index (χ1n) is 6.71. The Bertz CT molecular complexity index is 429. The molecule has 0 bridgehead atoms. The number of aromatic amines is 1. The Labute approximate surface area is 108 Å². The van der Waals surface area contributed by atoms with Gasteiger partial charge in [-0.1, -0.05) is 13.8 Å². The van der Waals surface area contributed by atoms with E-state index in [0.29, 0.717) is 12.1 Å². The summed E-state index contributed by atoms with van der Waals surface area (Å²) in [6.07, 6.45) is 5.07. The lowest BCUT2D eigenvalue weighted by molar-refractivity contribution is 0.418. The minimum absolute atomic E-state index is 0.0823. The average molecular weight is 250 g/mol. The number of hydrogen-bond acceptors (Lipinski definition) is 4. The van der Waals surface area contributed by atoms with Gasteiger partial charge in [0.25, 0.3) is 5.56 Å². The molecule has 1 saturated heterocycles. The van der Waals surface area contributed by atoms with E-state index in [2.05, 4.69) is 34.0 Å². The van der Waals surface area contributed by atoms with Gasteiger partial charge in [-0.15, -0.1) is 0 Å². The minimum Gasteiger partial charge on any atom is -0.352 e. The Morgan fingerprint density at radius 3 is 3.11 bits per heavy atom. The van der Waals surface area contributed by atoms with Crippen LogP contribution in [0.4, 0.5) is 5.82 Å². The molecular formula is C13H22N4O. The average Bonchev–Trinajstić information content (AvgIpc) is 2.36. The maximum atomic E-state index is 11.4. The van der Waals surface area contributed by atoms with Crippen LogP contribution in [0.15, 0.2) is 17.2 Å². The fourth-order valence-corrected chi connectivity index (χ4v) is 2.40. The highest BCUT2D eigenvalue weighted by molar-refractivity contribution is 5.38. The largest absolute Gasteiger partial charge is 0.352 e. The van der Waals surface area contributed by atoms with Crippen LogP contribution in [0.3, 0.4) is 0 Å². The van der Waals surface area contributed by atoms with E-state index < -0.39 is 0 Å². The van der Waals surface area contributed by atoms with E-state index in [0.717, 1.165) is 25.3 Å². The molecule has 0 saturated carbocycles. The number of H-pyrrole nitrogens is 1. The van der Waals surface area contributed by atoms with E-state index in [-0.39, 0.29) is 5.56 Å². The molecule has 100 valence electrons. The Morgan fingerprint density at radius 1 is 1.56 bits per heavy atom. The molecule has 1 aliphatic rings. The highest BCUT2D eigenvalue weighted by Crippen LogP contribution is 2.21. The van der Waals surface area contributed by atoms with Crippen molar-refractivity contribution in [2.24, 2.45) is 0 Å². The molecule has 5 nitrogen and oxygen atoms in total. The van der Waals surface area contributed by atoms with Gasteiger partial charge < -0.3 is 15.2 Å². The van der Waals surface area contributed by atoms with Gasteiger partial charge in [0, 0.05) is 31.2 Å². The van der Waals surface area contributed by atoms with E-state index in [1.165, 1.54) is 19.2 Å². The molecule has 0 amide bonds. The van der Waals surface area contributed by atoms with Crippen molar-refractivity contribution in [1.29, 1.82) is 0 Å². The van der Waals surface area contributed by atoms with Crippen molar-refractivity contribution in [3.63, 3.8) is 0 Å². The van der Waals surface area contributed by atoms with Crippen LogP contribution in [0.2, 0.25) is 0 Å². The van der Waals surface area contributed by atoms with Crippen molar-refractivity contribution in [3.8, 4) is 0 Å². The Balaban J connectivity index is 2.10. The van der Waals surface area contributed by atoms with Gasteiger partial charge >= 0.3 is 0 Å².